The Kier molecular flexibility index (Phi) is 2.02. The van der Waals surface area contributed by atoms with Gasteiger partial charge < -0.3 is 16.4 Å². The first-order valence-corrected chi connectivity index (χ1v) is 4.50. The van der Waals surface area contributed by atoms with Gasteiger partial charge in [-0.2, -0.15) is 0 Å². The maximum atomic E-state index is 11.4. The number of benzene rings is 1. The van der Waals surface area contributed by atoms with Crippen molar-refractivity contribution >= 4 is 11.6 Å². The molecule has 0 spiro atoms. The predicted octanol–water partition coefficient (Wildman–Crippen LogP) is 0.122. The van der Waals surface area contributed by atoms with Gasteiger partial charge in [-0.1, -0.05) is 12.1 Å². The van der Waals surface area contributed by atoms with Crippen LogP contribution in [0.3, 0.4) is 0 Å². The highest BCUT2D eigenvalue weighted by molar-refractivity contribution is 6.00. The molecule has 1 aliphatic rings. The second kappa shape index (κ2) is 3.08. The molecule has 0 unspecified atom stereocenters. The minimum atomic E-state index is -0.471. The highest BCUT2D eigenvalue weighted by Crippen LogP contribution is 2.28. The molecule has 4 heteroatoms. The molecule has 2 rings (SSSR count). The third-order valence-corrected chi connectivity index (χ3v) is 2.57. The Hall–Kier alpha value is -1.39. The quantitative estimate of drug-likeness (QED) is 0.619. The topological polar surface area (TPSA) is 72.3 Å². The first kappa shape index (κ1) is 9.18. The standard InChI is InChI=1S/C10H13N3O/c1-13-8-3-2-6(10(11)12)4-7(8)5-9(13)14/h2-4,10H,5,11-12H2,1H3. The number of likely N-dealkylation sites (N-methyl/N-ethyl adjacent to an activating group) is 1. The molecule has 1 heterocycles. The molecule has 0 saturated heterocycles. The molecule has 0 saturated carbocycles. The van der Waals surface area contributed by atoms with Crippen molar-refractivity contribution in [2.24, 2.45) is 11.5 Å². The number of carbonyl (C=O) groups excluding carboxylic acids is 1. The summed E-state index contributed by atoms with van der Waals surface area (Å²) in [6.07, 6.45) is -0.0202. The van der Waals surface area contributed by atoms with E-state index in [0.29, 0.717) is 6.42 Å². The van der Waals surface area contributed by atoms with Gasteiger partial charge >= 0.3 is 0 Å². The summed E-state index contributed by atoms with van der Waals surface area (Å²) in [6.45, 7) is 0. The molecule has 14 heavy (non-hydrogen) atoms. The molecule has 0 aromatic heterocycles. The first-order valence-electron chi connectivity index (χ1n) is 4.50. The van der Waals surface area contributed by atoms with Gasteiger partial charge in [0.15, 0.2) is 0 Å². The van der Waals surface area contributed by atoms with E-state index in [9.17, 15) is 4.79 Å². The number of nitrogens with zero attached hydrogens (tertiary/aromatic N) is 1. The summed E-state index contributed by atoms with van der Waals surface area (Å²) < 4.78 is 0. The van der Waals surface area contributed by atoms with E-state index in [-0.39, 0.29) is 5.91 Å². The van der Waals surface area contributed by atoms with Crippen LogP contribution in [0, 0.1) is 0 Å². The van der Waals surface area contributed by atoms with Crippen LogP contribution in [-0.2, 0) is 11.2 Å². The Balaban J connectivity index is 2.44. The lowest BCUT2D eigenvalue weighted by Crippen LogP contribution is -2.21. The van der Waals surface area contributed by atoms with Crippen molar-refractivity contribution in [3.8, 4) is 0 Å². The van der Waals surface area contributed by atoms with Gasteiger partial charge in [-0.15, -0.1) is 0 Å². The van der Waals surface area contributed by atoms with Crippen molar-refractivity contribution in [2.75, 3.05) is 11.9 Å². The van der Waals surface area contributed by atoms with Crippen LogP contribution in [0.5, 0.6) is 0 Å². The Bertz CT molecular complexity index is 387. The van der Waals surface area contributed by atoms with E-state index < -0.39 is 6.17 Å². The van der Waals surface area contributed by atoms with E-state index in [1.807, 2.05) is 18.2 Å². The van der Waals surface area contributed by atoms with Crippen LogP contribution in [0.1, 0.15) is 17.3 Å². The zero-order valence-electron chi connectivity index (χ0n) is 8.03. The van der Waals surface area contributed by atoms with Gasteiger partial charge in [0.05, 0.1) is 12.6 Å². The normalized spacial score (nSPS) is 15.1. The van der Waals surface area contributed by atoms with Gasteiger partial charge in [0, 0.05) is 12.7 Å². The number of hydrogen-bond acceptors (Lipinski definition) is 3. The summed E-state index contributed by atoms with van der Waals surface area (Å²) in [5.74, 6) is 0.114. The summed E-state index contributed by atoms with van der Waals surface area (Å²) >= 11 is 0. The first-order chi connectivity index (χ1) is 6.59. The predicted molar refractivity (Wildman–Crippen MR) is 54.7 cm³/mol. The number of hydrogen-bond donors (Lipinski definition) is 2. The molecule has 0 fully saturated rings. The summed E-state index contributed by atoms with van der Waals surface area (Å²) in [6, 6.07) is 5.66. The van der Waals surface area contributed by atoms with E-state index in [1.165, 1.54) is 0 Å². The summed E-state index contributed by atoms with van der Waals surface area (Å²) in [4.78, 5) is 13.0. The molecule has 74 valence electrons. The molecule has 1 amide bonds. The SMILES string of the molecule is CN1C(=O)Cc2cc(C(N)N)ccc21. The maximum absolute atomic E-state index is 11.4. The van der Waals surface area contributed by atoms with Gasteiger partial charge in [-0.25, -0.2) is 0 Å². The van der Waals surface area contributed by atoms with Crippen LogP contribution in [0.2, 0.25) is 0 Å². The smallest absolute Gasteiger partial charge is 0.231 e. The van der Waals surface area contributed by atoms with Crippen molar-refractivity contribution in [1.82, 2.24) is 0 Å². The molecular weight excluding hydrogens is 178 g/mol. The average molecular weight is 191 g/mol. The largest absolute Gasteiger partial charge is 0.315 e. The third-order valence-electron chi connectivity index (χ3n) is 2.57. The monoisotopic (exact) mass is 191 g/mol. The van der Waals surface area contributed by atoms with E-state index >= 15 is 0 Å². The van der Waals surface area contributed by atoms with Crippen LogP contribution in [-0.4, -0.2) is 13.0 Å². The van der Waals surface area contributed by atoms with Gasteiger partial charge in [0.1, 0.15) is 0 Å². The van der Waals surface area contributed by atoms with Crippen LogP contribution >= 0.6 is 0 Å². The summed E-state index contributed by atoms with van der Waals surface area (Å²) in [5.41, 5.74) is 13.9. The van der Waals surface area contributed by atoms with Gasteiger partial charge in [-0.05, 0) is 17.2 Å². The number of amides is 1. The molecule has 0 atom stereocenters. The number of anilines is 1. The Labute approximate surface area is 82.5 Å². The molecule has 0 aliphatic carbocycles. The fourth-order valence-electron chi connectivity index (χ4n) is 1.70. The second-order valence-electron chi connectivity index (χ2n) is 3.54. The van der Waals surface area contributed by atoms with E-state index in [0.717, 1.165) is 16.8 Å². The molecule has 4 nitrogen and oxygen atoms in total. The van der Waals surface area contributed by atoms with E-state index in [2.05, 4.69) is 0 Å². The molecule has 4 N–H and O–H groups in total. The van der Waals surface area contributed by atoms with Crippen molar-refractivity contribution in [2.45, 2.75) is 12.6 Å². The number of rotatable bonds is 1. The molecule has 1 aromatic rings. The molecule has 0 radical (unpaired) electrons. The maximum Gasteiger partial charge on any atom is 0.231 e. The van der Waals surface area contributed by atoms with Gasteiger partial charge in [-0.3, -0.25) is 4.79 Å². The van der Waals surface area contributed by atoms with Crippen LogP contribution in [0.4, 0.5) is 5.69 Å². The number of carbonyl (C=O) groups is 1. The number of fused-ring (bicyclic) bond motifs is 1. The molecule has 1 aromatic carbocycles. The number of nitrogens with two attached hydrogens (primary N) is 2. The lowest BCUT2D eigenvalue weighted by atomic mass is 10.1. The Morgan fingerprint density at radius 2 is 2.14 bits per heavy atom. The van der Waals surface area contributed by atoms with Crippen molar-refractivity contribution in [1.29, 1.82) is 0 Å². The Morgan fingerprint density at radius 1 is 1.43 bits per heavy atom. The third kappa shape index (κ3) is 1.29. The second-order valence-corrected chi connectivity index (χ2v) is 3.54. The summed E-state index contributed by atoms with van der Waals surface area (Å²) in [5, 5.41) is 0. The van der Waals surface area contributed by atoms with E-state index in [1.54, 1.807) is 11.9 Å². The molecular formula is C10H13N3O. The van der Waals surface area contributed by atoms with Crippen molar-refractivity contribution in [3.63, 3.8) is 0 Å². The zero-order chi connectivity index (χ0) is 10.3. The lowest BCUT2D eigenvalue weighted by Gasteiger charge is -2.11. The van der Waals surface area contributed by atoms with Crippen LogP contribution in [0.15, 0.2) is 18.2 Å². The fourth-order valence-corrected chi connectivity index (χ4v) is 1.70. The van der Waals surface area contributed by atoms with Crippen molar-refractivity contribution < 1.29 is 4.79 Å². The highest BCUT2D eigenvalue weighted by Gasteiger charge is 2.23. The molecule has 0 bridgehead atoms. The highest BCUT2D eigenvalue weighted by atomic mass is 16.2. The van der Waals surface area contributed by atoms with Gasteiger partial charge in [0.2, 0.25) is 5.91 Å². The van der Waals surface area contributed by atoms with Crippen LogP contribution < -0.4 is 16.4 Å². The lowest BCUT2D eigenvalue weighted by molar-refractivity contribution is -0.117. The zero-order valence-corrected chi connectivity index (χ0v) is 8.03. The average Bonchev–Trinajstić information content (AvgIpc) is 2.42. The van der Waals surface area contributed by atoms with Gasteiger partial charge in [0.25, 0.3) is 0 Å². The van der Waals surface area contributed by atoms with Crippen molar-refractivity contribution in [3.05, 3.63) is 29.3 Å². The minimum Gasteiger partial charge on any atom is -0.315 e. The minimum absolute atomic E-state index is 0.114. The van der Waals surface area contributed by atoms with Crippen LogP contribution in [0.25, 0.3) is 0 Å². The molecule has 1 aliphatic heterocycles. The van der Waals surface area contributed by atoms with E-state index in [4.69, 9.17) is 11.5 Å². The fraction of sp³-hybridized carbons (Fsp3) is 0.300. The summed E-state index contributed by atoms with van der Waals surface area (Å²) in [7, 11) is 1.77. The Morgan fingerprint density at radius 3 is 2.79 bits per heavy atom.